The molecule has 100 valence electrons. The Morgan fingerprint density at radius 1 is 1.37 bits per heavy atom. The van der Waals surface area contributed by atoms with Gasteiger partial charge in [-0.2, -0.15) is 0 Å². The third-order valence-corrected chi connectivity index (χ3v) is 2.92. The molecule has 1 aromatic carbocycles. The maximum atomic E-state index is 12.2. The van der Waals surface area contributed by atoms with Gasteiger partial charge < -0.3 is 15.6 Å². The highest BCUT2D eigenvalue weighted by Crippen LogP contribution is 2.08. The predicted octanol–water partition coefficient (Wildman–Crippen LogP) is 1.18. The Hall–Kier alpha value is -2.14. The summed E-state index contributed by atoms with van der Waals surface area (Å²) < 4.78 is 0. The zero-order valence-electron chi connectivity index (χ0n) is 11.0. The number of hydrogen-bond donors (Lipinski definition) is 2. The third kappa shape index (κ3) is 3.42. The lowest BCUT2D eigenvalue weighted by Gasteiger charge is -2.16. The van der Waals surface area contributed by atoms with Gasteiger partial charge in [0, 0.05) is 25.0 Å². The predicted molar refractivity (Wildman–Crippen MR) is 73.6 cm³/mol. The highest BCUT2D eigenvalue weighted by Gasteiger charge is 2.12. The lowest BCUT2D eigenvalue weighted by molar-refractivity contribution is 0.0782. The van der Waals surface area contributed by atoms with E-state index in [1.165, 1.54) is 0 Å². The fourth-order valence-corrected chi connectivity index (χ4v) is 1.88. The molecule has 5 heteroatoms. The molecule has 0 bridgehead atoms. The van der Waals surface area contributed by atoms with Crippen LogP contribution in [-0.2, 0) is 13.0 Å². The van der Waals surface area contributed by atoms with E-state index in [-0.39, 0.29) is 5.91 Å². The molecule has 2 aromatic rings. The molecule has 1 amide bonds. The van der Waals surface area contributed by atoms with E-state index in [0.717, 1.165) is 17.8 Å². The average molecular weight is 258 g/mol. The summed E-state index contributed by atoms with van der Waals surface area (Å²) in [7, 11) is 1.76. The second-order valence-electron chi connectivity index (χ2n) is 4.43. The first kappa shape index (κ1) is 13.3. The van der Waals surface area contributed by atoms with E-state index >= 15 is 0 Å². The van der Waals surface area contributed by atoms with Crippen LogP contribution in [0.2, 0.25) is 0 Å². The van der Waals surface area contributed by atoms with Crippen molar-refractivity contribution in [2.45, 2.75) is 13.0 Å². The van der Waals surface area contributed by atoms with Gasteiger partial charge in [0.25, 0.3) is 5.91 Å². The van der Waals surface area contributed by atoms with Crippen LogP contribution < -0.4 is 5.73 Å². The van der Waals surface area contributed by atoms with Gasteiger partial charge in [-0.25, -0.2) is 4.98 Å². The molecular formula is C14H18N4O. The summed E-state index contributed by atoms with van der Waals surface area (Å²) in [5.74, 6) is 0.756. The quantitative estimate of drug-likeness (QED) is 0.845. The normalized spacial score (nSPS) is 10.4. The van der Waals surface area contributed by atoms with E-state index in [2.05, 4.69) is 9.97 Å². The van der Waals surface area contributed by atoms with Crippen LogP contribution in [-0.4, -0.2) is 34.4 Å². The molecule has 1 aromatic heterocycles. The Morgan fingerprint density at radius 3 is 2.68 bits per heavy atom. The zero-order chi connectivity index (χ0) is 13.7. The van der Waals surface area contributed by atoms with Crippen molar-refractivity contribution in [3.05, 3.63) is 53.6 Å². The van der Waals surface area contributed by atoms with Crippen molar-refractivity contribution < 1.29 is 4.79 Å². The molecule has 0 saturated heterocycles. The van der Waals surface area contributed by atoms with Crippen LogP contribution >= 0.6 is 0 Å². The Labute approximate surface area is 112 Å². The summed E-state index contributed by atoms with van der Waals surface area (Å²) in [5, 5.41) is 0. The molecule has 0 saturated carbocycles. The van der Waals surface area contributed by atoms with Gasteiger partial charge in [-0.05, 0) is 30.7 Å². The van der Waals surface area contributed by atoms with Crippen LogP contribution in [0.3, 0.4) is 0 Å². The maximum Gasteiger partial charge on any atom is 0.253 e. The highest BCUT2D eigenvalue weighted by molar-refractivity contribution is 5.94. The minimum Gasteiger partial charge on any atom is -0.347 e. The number of aromatic nitrogens is 2. The number of nitrogens with zero attached hydrogens (tertiary/aromatic N) is 2. The molecule has 1 heterocycles. The van der Waals surface area contributed by atoms with Gasteiger partial charge in [0.15, 0.2) is 0 Å². The first-order valence-electron chi connectivity index (χ1n) is 6.23. The fourth-order valence-electron chi connectivity index (χ4n) is 1.88. The van der Waals surface area contributed by atoms with Crippen molar-refractivity contribution >= 4 is 5.91 Å². The van der Waals surface area contributed by atoms with Gasteiger partial charge in [0.2, 0.25) is 0 Å². The summed E-state index contributed by atoms with van der Waals surface area (Å²) in [6, 6.07) is 7.57. The molecule has 0 radical (unpaired) electrons. The van der Waals surface area contributed by atoms with Gasteiger partial charge in [-0.1, -0.05) is 12.1 Å². The topological polar surface area (TPSA) is 75.0 Å². The zero-order valence-corrected chi connectivity index (χ0v) is 11.0. The van der Waals surface area contributed by atoms with Crippen LogP contribution in [0.25, 0.3) is 0 Å². The average Bonchev–Trinajstić information content (AvgIpc) is 2.92. The lowest BCUT2D eigenvalue weighted by Crippen LogP contribution is -2.26. The number of benzene rings is 1. The number of H-pyrrole nitrogens is 1. The van der Waals surface area contributed by atoms with Crippen LogP contribution in [0.15, 0.2) is 36.7 Å². The third-order valence-electron chi connectivity index (χ3n) is 2.92. The summed E-state index contributed by atoms with van der Waals surface area (Å²) in [5.41, 5.74) is 7.32. The summed E-state index contributed by atoms with van der Waals surface area (Å²) in [6.07, 6.45) is 4.25. The van der Waals surface area contributed by atoms with Crippen molar-refractivity contribution in [2.75, 3.05) is 13.6 Å². The number of carbonyl (C=O) groups excluding carboxylic acids is 1. The van der Waals surface area contributed by atoms with E-state index in [1.54, 1.807) is 24.3 Å². The van der Waals surface area contributed by atoms with E-state index < -0.39 is 0 Å². The molecule has 0 atom stereocenters. The summed E-state index contributed by atoms with van der Waals surface area (Å²) in [6.45, 7) is 1.09. The smallest absolute Gasteiger partial charge is 0.253 e. The summed E-state index contributed by atoms with van der Waals surface area (Å²) in [4.78, 5) is 20.9. The monoisotopic (exact) mass is 258 g/mol. The first-order valence-corrected chi connectivity index (χ1v) is 6.23. The van der Waals surface area contributed by atoms with E-state index in [0.29, 0.717) is 18.7 Å². The molecule has 19 heavy (non-hydrogen) atoms. The standard InChI is InChI=1S/C14H18N4O/c1-18(10-13-16-8-9-17-13)14(19)12-4-2-11(3-5-12)6-7-15/h2-5,8-9H,6-7,10,15H2,1H3,(H,16,17). The number of nitrogens with two attached hydrogens (primary N) is 1. The van der Waals surface area contributed by atoms with Gasteiger partial charge in [0.05, 0.1) is 6.54 Å². The SMILES string of the molecule is CN(Cc1ncc[nH]1)C(=O)c1ccc(CCN)cc1. The number of carbonyl (C=O) groups is 1. The molecule has 0 aliphatic heterocycles. The second kappa shape index (κ2) is 6.15. The Balaban J connectivity index is 2.02. The number of amides is 1. The van der Waals surface area contributed by atoms with Gasteiger partial charge in [-0.3, -0.25) is 4.79 Å². The summed E-state index contributed by atoms with van der Waals surface area (Å²) >= 11 is 0. The van der Waals surface area contributed by atoms with Crippen LogP contribution in [0.5, 0.6) is 0 Å². The van der Waals surface area contributed by atoms with Crippen molar-refractivity contribution in [1.82, 2.24) is 14.9 Å². The van der Waals surface area contributed by atoms with Crippen molar-refractivity contribution in [1.29, 1.82) is 0 Å². The molecule has 3 N–H and O–H groups in total. The van der Waals surface area contributed by atoms with E-state index in [9.17, 15) is 4.79 Å². The van der Waals surface area contributed by atoms with Gasteiger partial charge in [-0.15, -0.1) is 0 Å². The van der Waals surface area contributed by atoms with Gasteiger partial charge >= 0.3 is 0 Å². The Kier molecular flexibility index (Phi) is 4.30. The molecular weight excluding hydrogens is 240 g/mol. The number of nitrogens with one attached hydrogen (secondary N) is 1. The van der Waals surface area contributed by atoms with Crippen LogP contribution in [0, 0.1) is 0 Å². The number of hydrogen-bond acceptors (Lipinski definition) is 3. The number of aromatic amines is 1. The molecule has 0 aliphatic carbocycles. The van der Waals surface area contributed by atoms with E-state index in [1.807, 2.05) is 24.3 Å². The number of rotatable bonds is 5. The lowest BCUT2D eigenvalue weighted by atomic mass is 10.1. The van der Waals surface area contributed by atoms with Crippen molar-refractivity contribution in [2.24, 2.45) is 5.73 Å². The van der Waals surface area contributed by atoms with E-state index in [4.69, 9.17) is 5.73 Å². The number of imidazole rings is 1. The molecule has 2 rings (SSSR count). The second-order valence-corrected chi connectivity index (χ2v) is 4.43. The Bertz CT molecular complexity index is 519. The highest BCUT2D eigenvalue weighted by atomic mass is 16.2. The van der Waals surface area contributed by atoms with Crippen molar-refractivity contribution in [3.63, 3.8) is 0 Å². The molecule has 0 aliphatic rings. The minimum atomic E-state index is -0.0179. The fraction of sp³-hybridized carbons (Fsp3) is 0.286. The van der Waals surface area contributed by atoms with Crippen LogP contribution in [0.1, 0.15) is 21.7 Å². The van der Waals surface area contributed by atoms with Crippen molar-refractivity contribution in [3.8, 4) is 0 Å². The molecule has 0 fully saturated rings. The Morgan fingerprint density at radius 2 is 2.11 bits per heavy atom. The van der Waals surface area contributed by atoms with Gasteiger partial charge in [0.1, 0.15) is 5.82 Å². The molecule has 5 nitrogen and oxygen atoms in total. The minimum absolute atomic E-state index is 0.0179. The molecule has 0 unspecified atom stereocenters. The van der Waals surface area contributed by atoms with Crippen LogP contribution in [0.4, 0.5) is 0 Å². The largest absolute Gasteiger partial charge is 0.347 e. The molecule has 0 spiro atoms. The maximum absolute atomic E-state index is 12.2. The first-order chi connectivity index (χ1) is 9.20.